The third-order valence-electron chi connectivity index (χ3n) is 3.79. The Morgan fingerprint density at radius 3 is 2.50 bits per heavy atom. The number of ketones is 1. The summed E-state index contributed by atoms with van der Waals surface area (Å²) in [6.45, 7) is 1.36. The molecule has 0 saturated heterocycles. The highest BCUT2D eigenvalue weighted by Gasteiger charge is 2.35. The van der Waals surface area contributed by atoms with E-state index in [1.165, 1.54) is 38.2 Å². The number of nitrogens with zero attached hydrogens (tertiary/aromatic N) is 2. The smallest absolute Gasteiger partial charge is 0.295 e. The number of carbonyl (C=O) groups excluding carboxylic acids is 1. The van der Waals surface area contributed by atoms with Crippen LogP contribution in [0.1, 0.15) is 23.0 Å². The zero-order valence-corrected chi connectivity index (χ0v) is 16.2. The highest BCUT2D eigenvalue weighted by atomic mass is 32.2. The first kappa shape index (κ1) is 20.1. The van der Waals surface area contributed by atoms with E-state index < -0.39 is 21.9 Å². The number of Topliss-reactive ketones (excluding diaryl/α,β-unsaturated/α-hetero) is 1. The standard InChI is InChI=1S/C17H14F3N3O3S2/c1-10(24)11-4-3-5-12(8-11)22-28(25,26)16-7-6-14(27-16)13-9-15(17(18,19)20)23(2)21-13/h3-9,22H,1-2H3. The zero-order chi connectivity index (χ0) is 20.7. The van der Waals surface area contributed by atoms with E-state index >= 15 is 0 Å². The molecule has 0 amide bonds. The summed E-state index contributed by atoms with van der Waals surface area (Å²) in [5.41, 5.74) is -0.348. The number of hydrogen-bond donors (Lipinski definition) is 1. The van der Waals surface area contributed by atoms with Crippen LogP contribution < -0.4 is 4.72 Å². The highest BCUT2D eigenvalue weighted by Crippen LogP contribution is 2.35. The van der Waals surface area contributed by atoms with Gasteiger partial charge in [0, 0.05) is 18.3 Å². The maximum absolute atomic E-state index is 12.9. The zero-order valence-electron chi connectivity index (χ0n) is 14.6. The second-order valence-electron chi connectivity index (χ2n) is 5.90. The molecule has 1 aromatic carbocycles. The Bertz CT molecular complexity index is 1150. The molecule has 0 unspecified atom stereocenters. The molecule has 0 atom stereocenters. The number of nitrogens with one attached hydrogen (secondary N) is 1. The van der Waals surface area contributed by atoms with Gasteiger partial charge in [-0.25, -0.2) is 8.42 Å². The predicted octanol–water partition coefficient (Wildman–Crippen LogP) is 4.17. The van der Waals surface area contributed by atoms with Gasteiger partial charge in [-0.15, -0.1) is 11.3 Å². The molecule has 0 fully saturated rings. The molecule has 0 aliphatic rings. The summed E-state index contributed by atoms with van der Waals surface area (Å²) < 4.78 is 66.9. The van der Waals surface area contributed by atoms with Crippen molar-refractivity contribution in [1.82, 2.24) is 9.78 Å². The van der Waals surface area contributed by atoms with Gasteiger partial charge in [0.25, 0.3) is 10.0 Å². The minimum Gasteiger partial charge on any atom is -0.295 e. The fourth-order valence-electron chi connectivity index (χ4n) is 2.46. The van der Waals surface area contributed by atoms with Crippen LogP contribution in [0.25, 0.3) is 10.6 Å². The quantitative estimate of drug-likeness (QED) is 0.618. The fraction of sp³-hybridized carbons (Fsp3) is 0.176. The average Bonchev–Trinajstić information content (AvgIpc) is 3.21. The molecular weight excluding hydrogens is 415 g/mol. The molecule has 0 radical (unpaired) electrons. The van der Waals surface area contributed by atoms with Gasteiger partial charge in [-0.2, -0.15) is 18.3 Å². The molecule has 11 heteroatoms. The van der Waals surface area contributed by atoms with Crippen LogP contribution in [0.5, 0.6) is 0 Å². The minimum absolute atomic E-state index is 0.0276. The number of alkyl halides is 3. The Hall–Kier alpha value is -2.66. The fourth-order valence-corrected chi connectivity index (χ4v) is 4.77. The Morgan fingerprint density at radius 1 is 1.18 bits per heavy atom. The molecule has 6 nitrogen and oxygen atoms in total. The molecule has 28 heavy (non-hydrogen) atoms. The van der Waals surface area contributed by atoms with Gasteiger partial charge in [-0.1, -0.05) is 12.1 Å². The maximum atomic E-state index is 12.9. The summed E-state index contributed by atoms with van der Waals surface area (Å²) in [7, 11) is -2.81. The number of aryl methyl sites for hydroxylation is 1. The monoisotopic (exact) mass is 429 g/mol. The summed E-state index contributed by atoms with van der Waals surface area (Å²) in [4.78, 5) is 11.7. The van der Waals surface area contributed by atoms with Crippen molar-refractivity contribution in [1.29, 1.82) is 0 Å². The average molecular weight is 429 g/mol. The Labute approximate surface area is 162 Å². The molecule has 2 aromatic heterocycles. The van der Waals surface area contributed by atoms with Gasteiger partial charge in [0.15, 0.2) is 5.78 Å². The lowest BCUT2D eigenvalue weighted by atomic mass is 10.1. The normalized spacial score (nSPS) is 12.2. The summed E-state index contributed by atoms with van der Waals surface area (Å²) in [5.74, 6) is -0.213. The highest BCUT2D eigenvalue weighted by molar-refractivity contribution is 7.94. The number of aromatic nitrogens is 2. The molecule has 1 N–H and O–H groups in total. The van der Waals surface area contributed by atoms with Crippen LogP contribution in [0.2, 0.25) is 0 Å². The molecule has 3 rings (SSSR count). The van der Waals surface area contributed by atoms with E-state index in [-0.39, 0.29) is 26.3 Å². The number of hydrogen-bond acceptors (Lipinski definition) is 5. The third kappa shape index (κ3) is 4.09. The van der Waals surface area contributed by atoms with Crippen LogP contribution in [0.15, 0.2) is 46.7 Å². The Balaban J connectivity index is 1.89. The van der Waals surface area contributed by atoms with E-state index in [1.807, 2.05) is 0 Å². The largest absolute Gasteiger partial charge is 0.433 e. The molecule has 0 saturated carbocycles. The lowest BCUT2D eigenvalue weighted by Crippen LogP contribution is -2.11. The number of carbonyl (C=O) groups is 1. The number of benzene rings is 1. The first-order valence-electron chi connectivity index (χ1n) is 7.82. The van der Waals surface area contributed by atoms with Gasteiger partial charge in [-0.05, 0) is 37.3 Å². The van der Waals surface area contributed by atoms with Crippen LogP contribution >= 0.6 is 11.3 Å². The number of rotatable bonds is 5. The van der Waals surface area contributed by atoms with E-state index in [0.29, 0.717) is 10.2 Å². The van der Waals surface area contributed by atoms with Crippen molar-refractivity contribution in [3.63, 3.8) is 0 Å². The molecule has 0 bridgehead atoms. The predicted molar refractivity (Wildman–Crippen MR) is 98.8 cm³/mol. The molecule has 0 aliphatic heterocycles. The minimum atomic E-state index is -4.56. The summed E-state index contributed by atoms with van der Waals surface area (Å²) in [6.07, 6.45) is -4.56. The van der Waals surface area contributed by atoms with Gasteiger partial charge in [0.05, 0.1) is 4.88 Å². The first-order chi connectivity index (χ1) is 13.0. The number of sulfonamides is 1. The van der Waals surface area contributed by atoms with E-state index in [1.54, 1.807) is 12.1 Å². The molecule has 0 spiro atoms. The van der Waals surface area contributed by atoms with E-state index in [0.717, 1.165) is 17.4 Å². The van der Waals surface area contributed by atoms with Crippen molar-refractivity contribution in [2.45, 2.75) is 17.3 Å². The molecule has 148 valence electrons. The van der Waals surface area contributed by atoms with Crippen molar-refractivity contribution < 1.29 is 26.4 Å². The van der Waals surface area contributed by atoms with Crippen LogP contribution in [0, 0.1) is 0 Å². The second kappa shape index (κ2) is 7.06. The van der Waals surface area contributed by atoms with E-state index in [4.69, 9.17) is 0 Å². The van der Waals surface area contributed by atoms with Gasteiger partial charge in [-0.3, -0.25) is 14.2 Å². The molecule has 3 aromatic rings. The molecular formula is C17H14F3N3O3S2. The topological polar surface area (TPSA) is 81.1 Å². The Kier molecular flexibility index (Phi) is 5.06. The Morgan fingerprint density at radius 2 is 1.89 bits per heavy atom. The van der Waals surface area contributed by atoms with Crippen LogP contribution in [-0.2, 0) is 23.2 Å². The van der Waals surface area contributed by atoms with Crippen molar-refractivity contribution >= 4 is 32.8 Å². The van der Waals surface area contributed by atoms with Crippen LogP contribution in [0.3, 0.4) is 0 Å². The second-order valence-corrected chi connectivity index (χ2v) is 8.89. The van der Waals surface area contributed by atoms with Crippen molar-refractivity contribution in [2.24, 2.45) is 7.05 Å². The van der Waals surface area contributed by atoms with Crippen LogP contribution in [0.4, 0.5) is 18.9 Å². The lowest BCUT2D eigenvalue weighted by Gasteiger charge is -2.07. The lowest BCUT2D eigenvalue weighted by molar-refractivity contribution is -0.143. The number of anilines is 1. The molecule has 2 heterocycles. The number of thiophene rings is 1. The van der Waals surface area contributed by atoms with Crippen molar-refractivity contribution in [3.8, 4) is 10.6 Å². The molecule has 0 aliphatic carbocycles. The van der Waals surface area contributed by atoms with E-state index in [9.17, 15) is 26.4 Å². The summed E-state index contributed by atoms with van der Waals surface area (Å²) in [6, 6.07) is 9.55. The first-order valence-corrected chi connectivity index (χ1v) is 10.1. The van der Waals surface area contributed by atoms with Crippen molar-refractivity contribution in [2.75, 3.05) is 4.72 Å². The summed E-state index contributed by atoms with van der Waals surface area (Å²) in [5, 5.41) is 3.81. The van der Waals surface area contributed by atoms with Crippen molar-refractivity contribution in [3.05, 3.63) is 53.7 Å². The number of halogens is 3. The third-order valence-corrected chi connectivity index (χ3v) is 6.77. The SMILES string of the molecule is CC(=O)c1cccc(NS(=O)(=O)c2ccc(-c3cc(C(F)(F)F)n(C)n3)s2)c1. The summed E-state index contributed by atoms with van der Waals surface area (Å²) >= 11 is 0.795. The van der Waals surface area contributed by atoms with Gasteiger partial charge in [0.1, 0.15) is 15.6 Å². The maximum Gasteiger partial charge on any atom is 0.433 e. The van der Waals surface area contributed by atoms with Gasteiger partial charge >= 0.3 is 6.18 Å². The van der Waals surface area contributed by atoms with E-state index in [2.05, 4.69) is 9.82 Å². The van der Waals surface area contributed by atoms with Gasteiger partial charge in [0.2, 0.25) is 0 Å². The van der Waals surface area contributed by atoms with Crippen LogP contribution in [-0.4, -0.2) is 24.0 Å². The van der Waals surface area contributed by atoms with Gasteiger partial charge < -0.3 is 0 Å².